The summed E-state index contributed by atoms with van der Waals surface area (Å²) in [5.74, 6) is 0.00565. The highest BCUT2D eigenvalue weighted by molar-refractivity contribution is 7.15. The van der Waals surface area contributed by atoms with Gasteiger partial charge in [-0.25, -0.2) is 0 Å². The van der Waals surface area contributed by atoms with E-state index < -0.39 is 0 Å². The lowest BCUT2D eigenvalue weighted by Crippen LogP contribution is -3.15. The van der Waals surface area contributed by atoms with Gasteiger partial charge in [-0.15, -0.1) is 10.2 Å². The number of ether oxygens (including phenoxy) is 1. The van der Waals surface area contributed by atoms with E-state index in [0.717, 1.165) is 44.2 Å². The van der Waals surface area contributed by atoms with Gasteiger partial charge >= 0.3 is 0 Å². The van der Waals surface area contributed by atoms with Gasteiger partial charge in [0, 0.05) is 6.42 Å². The maximum Gasteiger partial charge on any atom is 0.281 e. The summed E-state index contributed by atoms with van der Waals surface area (Å²) in [6.45, 7) is 5.84. The average Bonchev–Trinajstić information content (AvgIpc) is 2.78. The summed E-state index contributed by atoms with van der Waals surface area (Å²) >= 11 is 1.46. The third kappa shape index (κ3) is 4.01. The van der Waals surface area contributed by atoms with E-state index in [2.05, 4.69) is 22.4 Å². The molecule has 0 radical (unpaired) electrons. The number of aryl methyl sites for hydroxylation is 1. The summed E-state index contributed by atoms with van der Waals surface area (Å²) in [5.41, 5.74) is 0. The van der Waals surface area contributed by atoms with E-state index >= 15 is 0 Å². The first-order valence-corrected chi connectivity index (χ1v) is 7.13. The normalized spacial score (nSPS) is 16.7. The average molecular weight is 271 g/mol. The molecule has 100 valence electrons. The highest BCUT2D eigenvalue weighted by Crippen LogP contribution is 2.15. The first kappa shape index (κ1) is 13.4. The van der Waals surface area contributed by atoms with E-state index in [1.807, 2.05) is 0 Å². The van der Waals surface area contributed by atoms with Gasteiger partial charge in [0.25, 0.3) is 5.91 Å². The van der Waals surface area contributed by atoms with Gasteiger partial charge in [-0.1, -0.05) is 18.3 Å². The fourth-order valence-electron chi connectivity index (χ4n) is 1.85. The van der Waals surface area contributed by atoms with E-state index in [0.29, 0.717) is 11.7 Å². The van der Waals surface area contributed by atoms with Gasteiger partial charge in [0.2, 0.25) is 5.13 Å². The molecule has 1 aromatic rings. The predicted octanol–water partition coefficient (Wildman–Crippen LogP) is -0.656. The molecule has 1 aliphatic heterocycles. The van der Waals surface area contributed by atoms with Crippen LogP contribution in [0.1, 0.15) is 18.4 Å². The van der Waals surface area contributed by atoms with E-state index in [1.54, 1.807) is 0 Å². The van der Waals surface area contributed by atoms with Gasteiger partial charge < -0.3 is 9.64 Å². The van der Waals surface area contributed by atoms with E-state index in [1.165, 1.54) is 16.2 Å². The third-order valence-corrected chi connectivity index (χ3v) is 3.69. The number of amides is 1. The number of aromatic nitrogens is 2. The Balaban J connectivity index is 1.78. The monoisotopic (exact) mass is 271 g/mol. The van der Waals surface area contributed by atoms with Crippen molar-refractivity contribution in [3.05, 3.63) is 5.01 Å². The molecule has 1 aromatic heterocycles. The number of rotatable bonds is 5. The van der Waals surface area contributed by atoms with Crippen molar-refractivity contribution in [2.45, 2.75) is 19.8 Å². The zero-order valence-corrected chi connectivity index (χ0v) is 11.4. The van der Waals surface area contributed by atoms with Crippen LogP contribution >= 0.6 is 11.3 Å². The molecule has 2 rings (SSSR count). The Morgan fingerprint density at radius 3 is 2.94 bits per heavy atom. The summed E-state index contributed by atoms with van der Waals surface area (Å²) in [4.78, 5) is 13.1. The lowest BCUT2D eigenvalue weighted by molar-refractivity contribution is -0.899. The third-order valence-electron chi connectivity index (χ3n) is 2.79. The van der Waals surface area contributed by atoms with Crippen molar-refractivity contribution >= 4 is 22.4 Å². The molecule has 1 aliphatic rings. The van der Waals surface area contributed by atoms with Crippen LogP contribution in [0.15, 0.2) is 0 Å². The molecule has 0 aliphatic carbocycles. The van der Waals surface area contributed by atoms with Crippen LogP contribution in [0.2, 0.25) is 0 Å². The van der Waals surface area contributed by atoms with Crippen LogP contribution in [0.25, 0.3) is 0 Å². The standard InChI is InChI=1S/C11H18N4O2S/c1-2-3-10-13-14-11(18-10)12-9(16)8-15-4-6-17-7-5-15/h2-8H2,1H3,(H,12,14,16)/p+1. The number of anilines is 1. The maximum atomic E-state index is 11.8. The fourth-order valence-corrected chi connectivity index (χ4v) is 2.70. The van der Waals surface area contributed by atoms with Crippen molar-refractivity contribution in [3.8, 4) is 0 Å². The molecule has 2 heterocycles. The van der Waals surface area contributed by atoms with Crippen LogP contribution in [-0.2, 0) is 16.0 Å². The van der Waals surface area contributed by atoms with Crippen LogP contribution in [-0.4, -0.2) is 49.0 Å². The van der Waals surface area contributed by atoms with Crippen molar-refractivity contribution in [3.63, 3.8) is 0 Å². The smallest absolute Gasteiger partial charge is 0.281 e. The molecule has 0 bridgehead atoms. The van der Waals surface area contributed by atoms with Crippen molar-refractivity contribution in [1.29, 1.82) is 0 Å². The topological polar surface area (TPSA) is 68.5 Å². The van der Waals surface area contributed by atoms with Gasteiger partial charge in [0.05, 0.1) is 13.2 Å². The lowest BCUT2D eigenvalue weighted by Gasteiger charge is -2.22. The number of carbonyl (C=O) groups excluding carboxylic acids is 1. The number of hydrogen-bond acceptors (Lipinski definition) is 5. The second kappa shape index (κ2) is 6.77. The summed E-state index contributed by atoms with van der Waals surface area (Å²) in [6, 6.07) is 0. The minimum atomic E-state index is 0.00565. The second-order valence-electron chi connectivity index (χ2n) is 4.34. The zero-order chi connectivity index (χ0) is 12.8. The van der Waals surface area contributed by atoms with Gasteiger partial charge in [-0.05, 0) is 6.42 Å². The van der Waals surface area contributed by atoms with Crippen LogP contribution in [0.3, 0.4) is 0 Å². The molecule has 0 atom stereocenters. The highest BCUT2D eigenvalue weighted by Gasteiger charge is 2.18. The van der Waals surface area contributed by atoms with Crippen molar-refractivity contribution in [2.24, 2.45) is 0 Å². The molecule has 0 unspecified atom stereocenters. The Morgan fingerprint density at radius 1 is 1.44 bits per heavy atom. The van der Waals surface area contributed by atoms with E-state index in [4.69, 9.17) is 4.74 Å². The molecule has 1 saturated heterocycles. The maximum absolute atomic E-state index is 11.8. The first-order chi connectivity index (χ1) is 8.78. The lowest BCUT2D eigenvalue weighted by atomic mass is 10.4. The summed E-state index contributed by atoms with van der Waals surface area (Å²) in [6.07, 6.45) is 1.96. The number of carbonyl (C=O) groups is 1. The Labute approximate surface area is 110 Å². The summed E-state index contributed by atoms with van der Waals surface area (Å²) in [5, 5.41) is 12.4. The quantitative estimate of drug-likeness (QED) is 0.746. The van der Waals surface area contributed by atoms with Gasteiger partial charge in [-0.3, -0.25) is 10.1 Å². The van der Waals surface area contributed by atoms with Crippen LogP contribution in [0.5, 0.6) is 0 Å². The molecule has 0 spiro atoms. The molecule has 6 nitrogen and oxygen atoms in total. The van der Waals surface area contributed by atoms with Crippen LogP contribution < -0.4 is 10.2 Å². The number of morpholine rings is 1. The minimum absolute atomic E-state index is 0.00565. The van der Waals surface area contributed by atoms with Crippen LogP contribution in [0, 0.1) is 0 Å². The summed E-state index contributed by atoms with van der Waals surface area (Å²) in [7, 11) is 0. The molecule has 1 fully saturated rings. The molecule has 1 amide bonds. The van der Waals surface area contributed by atoms with Gasteiger partial charge in [0.15, 0.2) is 6.54 Å². The molecule has 18 heavy (non-hydrogen) atoms. The largest absolute Gasteiger partial charge is 0.370 e. The molecule has 0 aromatic carbocycles. The van der Waals surface area contributed by atoms with E-state index in [9.17, 15) is 4.79 Å². The highest BCUT2D eigenvalue weighted by atomic mass is 32.1. The number of nitrogens with one attached hydrogen (secondary N) is 2. The zero-order valence-electron chi connectivity index (χ0n) is 10.6. The van der Waals surface area contributed by atoms with E-state index in [-0.39, 0.29) is 5.91 Å². The predicted molar refractivity (Wildman–Crippen MR) is 68.9 cm³/mol. The van der Waals surface area contributed by atoms with Crippen LogP contribution in [0.4, 0.5) is 5.13 Å². The van der Waals surface area contributed by atoms with Gasteiger partial charge in [0.1, 0.15) is 18.1 Å². The minimum Gasteiger partial charge on any atom is -0.370 e. The molecule has 2 N–H and O–H groups in total. The second-order valence-corrected chi connectivity index (χ2v) is 5.40. The number of nitrogens with zero attached hydrogens (tertiary/aromatic N) is 2. The molecule has 0 saturated carbocycles. The number of hydrogen-bond donors (Lipinski definition) is 2. The summed E-state index contributed by atoms with van der Waals surface area (Å²) < 4.78 is 5.26. The number of quaternary nitrogens is 1. The Kier molecular flexibility index (Phi) is 5.03. The van der Waals surface area contributed by atoms with Gasteiger partial charge in [-0.2, -0.15) is 0 Å². The van der Waals surface area contributed by atoms with Crippen molar-refractivity contribution < 1.29 is 14.4 Å². The molecular weight excluding hydrogens is 252 g/mol. The SMILES string of the molecule is CCCc1nnc(NC(=O)C[NH+]2CCOCC2)s1. The first-order valence-electron chi connectivity index (χ1n) is 6.31. The Bertz CT molecular complexity index is 390. The Morgan fingerprint density at radius 2 is 2.22 bits per heavy atom. The molecule has 7 heteroatoms. The van der Waals surface area contributed by atoms with Crippen molar-refractivity contribution in [2.75, 3.05) is 38.2 Å². The fraction of sp³-hybridized carbons (Fsp3) is 0.727. The Hall–Kier alpha value is -1.05. The van der Waals surface area contributed by atoms with Crippen molar-refractivity contribution in [1.82, 2.24) is 10.2 Å². The molecular formula is C11H19N4O2S+.